The number of aromatic nitrogens is 2. The standard InChI is InChI=1S/C12H11BN2O/c13-5-7-4-10-11(14-6-7)8-2-1-3-9(8)12(16)15-10/h4,6H,1-3,5H2,(H,15,16). The van der Waals surface area contributed by atoms with Crippen LogP contribution in [0.15, 0.2) is 17.1 Å². The van der Waals surface area contributed by atoms with Gasteiger partial charge in [-0.25, -0.2) is 0 Å². The molecule has 0 atom stereocenters. The van der Waals surface area contributed by atoms with Crippen LogP contribution in [0.4, 0.5) is 0 Å². The van der Waals surface area contributed by atoms with Gasteiger partial charge in [0.25, 0.3) is 5.56 Å². The highest BCUT2D eigenvalue weighted by atomic mass is 16.1. The minimum absolute atomic E-state index is 0.0379. The summed E-state index contributed by atoms with van der Waals surface area (Å²) in [4.78, 5) is 19.1. The molecular formula is C12H11BN2O. The van der Waals surface area contributed by atoms with Crippen molar-refractivity contribution in [1.29, 1.82) is 0 Å². The van der Waals surface area contributed by atoms with Gasteiger partial charge in [0.15, 0.2) is 0 Å². The molecule has 0 fully saturated rings. The van der Waals surface area contributed by atoms with Gasteiger partial charge in [0.05, 0.1) is 18.9 Å². The molecule has 0 spiro atoms. The van der Waals surface area contributed by atoms with Crippen LogP contribution in [-0.2, 0) is 19.2 Å². The first kappa shape index (κ1) is 9.64. The van der Waals surface area contributed by atoms with E-state index < -0.39 is 0 Å². The van der Waals surface area contributed by atoms with Gasteiger partial charge in [-0.1, -0.05) is 6.32 Å². The van der Waals surface area contributed by atoms with E-state index in [2.05, 4.69) is 9.97 Å². The number of rotatable bonds is 1. The summed E-state index contributed by atoms with van der Waals surface area (Å²) in [6.07, 6.45) is 5.13. The number of nitrogens with one attached hydrogen (secondary N) is 1. The summed E-state index contributed by atoms with van der Waals surface area (Å²) in [6.45, 7) is 0. The van der Waals surface area contributed by atoms with Gasteiger partial charge in [-0.05, 0) is 36.5 Å². The first-order chi connectivity index (χ1) is 7.79. The van der Waals surface area contributed by atoms with E-state index >= 15 is 0 Å². The summed E-state index contributed by atoms with van der Waals surface area (Å²) >= 11 is 0. The molecule has 0 aromatic carbocycles. The van der Waals surface area contributed by atoms with Gasteiger partial charge in [-0.2, -0.15) is 0 Å². The molecule has 2 aromatic rings. The number of aryl methyl sites for hydroxylation is 1. The van der Waals surface area contributed by atoms with Crippen LogP contribution in [-0.4, -0.2) is 17.8 Å². The Hall–Kier alpha value is -1.58. The number of pyridine rings is 2. The van der Waals surface area contributed by atoms with E-state index in [0.717, 1.165) is 47.0 Å². The zero-order valence-corrected chi connectivity index (χ0v) is 8.92. The average molecular weight is 210 g/mol. The molecule has 2 aromatic heterocycles. The monoisotopic (exact) mass is 210 g/mol. The van der Waals surface area contributed by atoms with E-state index in [9.17, 15) is 4.79 Å². The molecule has 4 heteroatoms. The van der Waals surface area contributed by atoms with Gasteiger partial charge < -0.3 is 4.98 Å². The normalized spacial score (nSPS) is 14.2. The molecule has 1 aliphatic carbocycles. The van der Waals surface area contributed by atoms with E-state index in [1.165, 1.54) is 0 Å². The van der Waals surface area contributed by atoms with E-state index in [0.29, 0.717) is 6.32 Å². The molecular weight excluding hydrogens is 199 g/mol. The zero-order valence-electron chi connectivity index (χ0n) is 8.92. The van der Waals surface area contributed by atoms with Gasteiger partial charge in [0.2, 0.25) is 0 Å². The van der Waals surface area contributed by atoms with Crippen LogP contribution in [0.3, 0.4) is 0 Å². The van der Waals surface area contributed by atoms with E-state index in [1.54, 1.807) is 6.20 Å². The Bertz CT molecular complexity index is 618. The topological polar surface area (TPSA) is 45.8 Å². The van der Waals surface area contributed by atoms with Crippen LogP contribution in [0.5, 0.6) is 0 Å². The van der Waals surface area contributed by atoms with Crippen molar-refractivity contribution in [2.45, 2.75) is 25.6 Å². The van der Waals surface area contributed by atoms with Crippen molar-refractivity contribution in [3.05, 3.63) is 39.3 Å². The molecule has 0 bridgehead atoms. The Morgan fingerprint density at radius 3 is 3.00 bits per heavy atom. The third kappa shape index (κ3) is 1.29. The molecule has 78 valence electrons. The number of hydrogen-bond donors (Lipinski definition) is 1. The Kier molecular flexibility index (Phi) is 2.09. The molecule has 16 heavy (non-hydrogen) atoms. The average Bonchev–Trinajstić information content (AvgIpc) is 2.78. The fraction of sp³-hybridized carbons (Fsp3) is 0.333. The molecule has 0 amide bonds. The maximum atomic E-state index is 11.8. The van der Waals surface area contributed by atoms with Crippen molar-refractivity contribution in [3.63, 3.8) is 0 Å². The Morgan fingerprint density at radius 2 is 2.19 bits per heavy atom. The highest BCUT2D eigenvalue weighted by molar-refractivity contribution is 6.08. The van der Waals surface area contributed by atoms with E-state index in [-0.39, 0.29) is 5.56 Å². The second-order valence-electron chi connectivity index (χ2n) is 4.21. The van der Waals surface area contributed by atoms with Crippen LogP contribution in [0, 0.1) is 0 Å². The van der Waals surface area contributed by atoms with Gasteiger partial charge in [0, 0.05) is 11.8 Å². The smallest absolute Gasteiger partial charge is 0.251 e. The minimum atomic E-state index is 0.0379. The molecule has 0 aliphatic heterocycles. The van der Waals surface area contributed by atoms with Crippen LogP contribution < -0.4 is 5.56 Å². The number of aromatic amines is 1. The maximum absolute atomic E-state index is 11.8. The van der Waals surface area contributed by atoms with Crippen molar-refractivity contribution in [1.82, 2.24) is 9.97 Å². The summed E-state index contributed by atoms with van der Waals surface area (Å²) in [5.41, 5.74) is 4.78. The number of nitrogens with zero attached hydrogens (tertiary/aromatic N) is 1. The Morgan fingerprint density at radius 1 is 1.38 bits per heavy atom. The lowest BCUT2D eigenvalue weighted by Gasteiger charge is -2.05. The van der Waals surface area contributed by atoms with Crippen molar-refractivity contribution in [2.24, 2.45) is 0 Å². The third-order valence-corrected chi connectivity index (χ3v) is 3.21. The lowest BCUT2D eigenvalue weighted by molar-refractivity contribution is 0.908. The van der Waals surface area contributed by atoms with Gasteiger partial charge in [0.1, 0.15) is 0 Å². The van der Waals surface area contributed by atoms with Crippen molar-refractivity contribution in [2.75, 3.05) is 0 Å². The van der Waals surface area contributed by atoms with Crippen molar-refractivity contribution < 1.29 is 0 Å². The third-order valence-electron chi connectivity index (χ3n) is 3.21. The first-order valence-corrected chi connectivity index (χ1v) is 5.52. The molecule has 0 unspecified atom stereocenters. The second kappa shape index (κ2) is 3.47. The molecule has 1 N–H and O–H groups in total. The van der Waals surface area contributed by atoms with Crippen molar-refractivity contribution >= 4 is 18.9 Å². The fourth-order valence-electron chi connectivity index (χ4n) is 2.41. The molecule has 0 saturated heterocycles. The largest absolute Gasteiger partial charge is 0.320 e. The van der Waals surface area contributed by atoms with Crippen LogP contribution in [0.25, 0.3) is 11.0 Å². The lowest BCUT2D eigenvalue weighted by Crippen LogP contribution is -2.13. The molecule has 3 nitrogen and oxygen atoms in total. The minimum Gasteiger partial charge on any atom is -0.320 e. The first-order valence-electron chi connectivity index (χ1n) is 5.52. The zero-order chi connectivity index (χ0) is 11.1. The molecule has 0 saturated carbocycles. The molecule has 3 rings (SSSR count). The summed E-state index contributed by atoms with van der Waals surface area (Å²) in [5, 5.41) is 0. The van der Waals surface area contributed by atoms with Gasteiger partial charge in [-0.15, -0.1) is 0 Å². The van der Waals surface area contributed by atoms with Crippen LogP contribution >= 0.6 is 0 Å². The highest BCUT2D eigenvalue weighted by Gasteiger charge is 2.18. The SMILES string of the molecule is [B]Cc1cnc2c3c(c(=O)[nH]c2c1)CCC3. The molecule has 2 radical (unpaired) electrons. The number of fused-ring (bicyclic) bond motifs is 3. The predicted octanol–water partition coefficient (Wildman–Crippen LogP) is 1.08. The summed E-state index contributed by atoms with van der Waals surface area (Å²) < 4.78 is 0. The number of H-pyrrole nitrogens is 1. The fourth-order valence-corrected chi connectivity index (χ4v) is 2.41. The molecule has 2 heterocycles. The van der Waals surface area contributed by atoms with Gasteiger partial charge >= 0.3 is 0 Å². The Balaban J connectivity index is 2.38. The predicted molar refractivity (Wildman–Crippen MR) is 63.8 cm³/mol. The summed E-state index contributed by atoms with van der Waals surface area (Å²) in [7, 11) is 5.56. The number of hydrogen-bond acceptors (Lipinski definition) is 2. The van der Waals surface area contributed by atoms with E-state index in [1.807, 2.05) is 6.07 Å². The second-order valence-corrected chi connectivity index (χ2v) is 4.21. The van der Waals surface area contributed by atoms with E-state index in [4.69, 9.17) is 7.85 Å². The van der Waals surface area contributed by atoms with Crippen LogP contribution in [0.2, 0.25) is 0 Å². The highest BCUT2D eigenvalue weighted by Crippen LogP contribution is 2.24. The summed E-state index contributed by atoms with van der Waals surface area (Å²) in [5.74, 6) is 0. The summed E-state index contributed by atoms with van der Waals surface area (Å²) in [6, 6.07) is 1.92. The maximum Gasteiger partial charge on any atom is 0.251 e. The lowest BCUT2D eigenvalue weighted by atomic mass is 9.97. The van der Waals surface area contributed by atoms with Gasteiger partial charge in [-0.3, -0.25) is 9.78 Å². The Labute approximate surface area is 94.3 Å². The molecule has 1 aliphatic rings. The van der Waals surface area contributed by atoms with Crippen molar-refractivity contribution in [3.8, 4) is 0 Å². The van der Waals surface area contributed by atoms with Crippen LogP contribution in [0.1, 0.15) is 23.1 Å². The quantitative estimate of drug-likeness (QED) is 0.715.